The van der Waals surface area contributed by atoms with Gasteiger partial charge in [-0.1, -0.05) is 22.9 Å². The van der Waals surface area contributed by atoms with Crippen LogP contribution < -0.4 is 10.1 Å². The molecule has 1 aliphatic carbocycles. The molecule has 0 atom stereocenters. The highest BCUT2D eigenvalue weighted by atomic mass is 79.9. The number of amides is 1. The summed E-state index contributed by atoms with van der Waals surface area (Å²) in [6.07, 6.45) is 3.96. The van der Waals surface area contributed by atoms with Gasteiger partial charge in [0.15, 0.2) is 0 Å². The molecule has 1 saturated carbocycles. The van der Waals surface area contributed by atoms with Crippen molar-refractivity contribution in [2.75, 3.05) is 7.11 Å². The van der Waals surface area contributed by atoms with Crippen LogP contribution in [-0.4, -0.2) is 24.3 Å². The number of nitrogens with one attached hydrogen (secondary N) is 1. The highest BCUT2D eigenvalue weighted by Crippen LogP contribution is 2.31. The van der Waals surface area contributed by atoms with Crippen molar-refractivity contribution in [3.63, 3.8) is 0 Å². The van der Waals surface area contributed by atoms with E-state index in [4.69, 9.17) is 4.74 Å². The maximum absolute atomic E-state index is 12.4. The number of hydrogen-bond donors (Lipinski definition) is 1. The standard InChI is InChI=1S/C17H22BrNO3/c1-11-6-8-17(2,9-7-11)19-16(21)15(20)13-10-12(18)4-5-14(13)22-3/h4-5,10-11H,6-9H2,1-3H3,(H,19,21). The predicted molar refractivity (Wildman–Crippen MR) is 89.2 cm³/mol. The van der Waals surface area contributed by atoms with E-state index in [9.17, 15) is 9.59 Å². The summed E-state index contributed by atoms with van der Waals surface area (Å²) in [5, 5.41) is 2.93. The van der Waals surface area contributed by atoms with Gasteiger partial charge in [0.25, 0.3) is 11.7 Å². The van der Waals surface area contributed by atoms with E-state index in [1.807, 2.05) is 6.92 Å². The van der Waals surface area contributed by atoms with Crippen LogP contribution in [0.15, 0.2) is 22.7 Å². The number of Topliss-reactive ketones (excluding diaryl/α,β-unsaturated/α-hetero) is 1. The molecule has 1 aromatic rings. The molecule has 0 unspecified atom stereocenters. The number of halogens is 1. The zero-order valence-electron chi connectivity index (χ0n) is 13.2. The van der Waals surface area contributed by atoms with Gasteiger partial charge in [-0.3, -0.25) is 9.59 Å². The molecule has 0 saturated heterocycles. The van der Waals surface area contributed by atoms with E-state index in [2.05, 4.69) is 28.2 Å². The SMILES string of the molecule is COc1ccc(Br)cc1C(=O)C(=O)NC1(C)CCC(C)CC1. The van der Waals surface area contributed by atoms with E-state index >= 15 is 0 Å². The number of hydrogen-bond acceptors (Lipinski definition) is 3. The van der Waals surface area contributed by atoms with Gasteiger partial charge in [-0.05, 0) is 56.7 Å². The van der Waals surface area contributed by atoms with Gasteiger partial charge in [-0.25, -0.2) is 0 Å². The minimum atomic E-state index is -0.562. The third-order valence-electron chi connectivity index (χ3n) is 4.41. The number of carbonyl (C=O) groups excluding carboxylic acids is 2. The van der Waals surface area contributed by atoms with Crippen LogP contribution in [0.3, 0.4) is 0 Å². The molecule has 1 amide bonds. The Morgan fingerprint density at radius 2 is 1.95 bits per heavy atom. The average Bonchev–Trinajstić information content (AvgIpc) is 2.49. The van der Waals surface area contributed by atoms with E-state index in [0.29, 0.717) is 11.7 Å². The van der Waals surface area contributed by atoms with Crippen molar-refractivity contribution < 1.29 is 14.3 Å². The zero-order valence-corrected chi connectivity index (χ0v) is 14.8. The van der Waals surface area contributed by atoms with Crippen molar-refractivity contribution in [1.82, 2.24) is 5.32 Å². The topological polar surface area (TPSA) is 55.4 Å². The Bertz CT molecular complexity index is 577. The summed E-state index contributed by atoms with van der Waals surface area (Å²) in [5.74, 6) is -0.0249. The molecule has 1 fully saturated rings. The number of benzene rings is 1. The number of ether oxygens (including phenoxy) is 1. The molecule has 0 bridgehead atoms. The second kappa shape index (κ2) is 6.82. The Morgan fingerprint density at radius 3 is 2.55 bits per heavy atom. The lowest BCUT2D eigenvalue weighted by molar-refractivity contribution is -0.119. The van der Waals surface area contributed by atoms with Crippen molar-refractivity contribution in [2.24, 2.45) is 5.92 Å². The van der Waals surface area contributed by atoms with Crippen LogP contribution in [0.4, 0.5) is 0 Å². The molecule has 0 spiro atoms. The largest absolute Gasteiger partial charge is 0.496 e. The molecule has 120 valence electrons. The molecule has 1 aliphatic rings. The average molecular weight is 368 g/mol. The summed E-state index contributed by atoms with van der Waals surface area (Å²) in [5.41, 5.74) is -0.0134. The lowest BCUT2D eigenvalue weighted by Crippen LogP contribution is -2.50. The monoisotopic (exact) mass is 367 g/mol. The summed E-state index contributed by atoms with van der Waals surface area (Å²) >= 11 is 3.32. The van der Waals surface area contributed by atoms with Crippen LogP contribution in [0.5, 0.6) is 5.75 Å². The summed E-state index contributed by atoms with van der Waals surface area (Å²) in [4.78, 5) is 24.8. The van der Waals surface area contributed by atoms with Gasteiger partial charge in [0.2, 0.25) is 0 Å². The molecular formula is C17H22BrNO3. The fraction of sp³-hybridized carbons (Fsp3) is 0.529. The van der Waals surface area contributed by atoms with Crippen molar-refractivity contribution in [2.45, 2.75) is 45.1 Å². The van der Waals surface area contributed by atoms with E-state index < -0.39 is 11.7 Å². The third kappa shape index (κ3) is 3.88. The first-order valence-corrected chi connectivity index (χ1v) is 8.34. The van der Waals surface area contributed by atoms with Gasteiger partial charge >= 0.3 is 0 Å². The van der Waals surface area contributed by atoms with Crippen LogP contribution in [0.2, 0.25) is 0 Å². The Morgan fingerprint density at radius 1 is 1.32 bits per heavy atom. The molecular weight excluding hydrogens is 346 g/mol. The second-order valence-electron chi connectivity index (χ2n) is 6.37. The first-order valence-electron chi connectivity index (χ1n) is 7.55. The molecule has 0 aliphatic heterocycles. The number of carbonyl (C=O) groups is 2. The lowest BCUT2D eigenvalue weighted by atomic mass is 9.78. The first kappa shape index (κ1) is 17.0. The third-order valence-corrected chi connectivity index (χ3v) is 4.90. The first-order chi connectivity index (χ1) is 10.3. The van der Waals surface area contributed by atoms with Crippen molar-refractivity contribution in [3.05, 3.63) is 28.2 Å². The van der Waals surface area contributed by atoms with E-state index in [1.165, 1.54) is 7.11 Å². The molecule has 0 aromatic heterocycles. The Labute approximate surface area is 139 Å². The minimum Gasteiger partial charge on any atom is -0.496 e. The zero-order chi connectivity index (χ0) is 16.3. The van der Waals surface area contributed by atoms with Gasteiger partial charge in [0.1, 0.15) is 5.75 Å². The van der Waals surface area contributed by atoms with E-state index in [-0.39, 0.29) is 11.1 Å². The normalized spacial score (nSPS) is 24.6. The quantitative estimate of drug-likeness (QED) is 0.651. The number of rotatable bonds is 4. The fourth-order valence-electron chi connectivity index (χ4n) is 2.84. The predicted octanol–water partition coefficient (Wildman–Crippen LogP) is 3.73. The lowest BCUT2D eigenvalue weighted by Gasteiger charge is -2.36. The molecule has 1 N–H and O–H groups in total. The summed E-state index contributed by atoms with van der Waals surface area (Å²) < 4.78 is 5.92. The van der Waals surface area contributed by atoms with Crippen LogP contribution >= 0.6 is 15.9 Å². The van der Waals surface area contributed by atoms with Gasteiger partial charge in [-0.15, -0.1) is 0 Å². The van der Waals surface area contributed by atoms with Crippen LogP contribution in [0.1, 0.15) is 49.9 Å². The molecule has 22 heavy (non-hydrogen) atoms. The highest BCUT2D eigenvalue weighted by Gasteiger charge is 2.33. The number of methoxy groups -OCH3 is 1. The summed E-state index contributed by atoms with van der Waals surface area (Å²) in [6.45, 7) is 4.24. The van der Waals surface area contributed by atoms with Crippen molar-refractivity contribution in [3.8, 4) is 5.75 Å². The van der Waals surface area contributed by atoms with E-state index in [1.54, 1.807) is 18.2 Å². The second-order valence-corrected chi connectivity index (χ2v) is 7.29. The highest BCUT2D eigenvalue weighted by molar-refractivity contribution is 9.10. The summed E-state index contributed by atoms with van der Waals surface area (Å²) in [6, 6.07) is 5.07. The maximum atomic E-state index is 12.4. The number of ketones is 1. The molecule has 5 heteroatoms. The fourth-order valence-corrected chi connectivity index (χ4v) is 3.20. The summed E-state index contributed by atoms with van der Waals surface area (Å²) in [7, 11) is 1.49. The van der Waals surface area contributed by atoms with Crippen LogP contribution in [-0.2, 0) is 4.79 Å². The Balaban J connectivity index is 2.13. The van der Waals surface area contributed by atoms with Crippen molar-refractivity contribution >= 4 is 27.6 Å². The van der Waals surface area contributed by atoms with Gasteiger partial charge in [0.05, 0.1) is 12.7 Å². The van der Waals surface area contributed by atoms with Crippen molar-refractivity contribution in [1.29, 1.82) is 0 Å². The van der Waals surface area contributed by atoms with Crippen LogP contribution in [0.25, 0.3) is 0 Å². The maximum Gasteiger partial charge on any atom is 0.292 e. The smallest absolute Gasteiger partial charge is 0.292 e. The molecule has 0 radical (unpaired) electrons. The molecule has 0 heterocycles. The Hall–Kier alpha value is -1.36. The molecule has 4 nitrogen and oxygen atoms in total. The minimum absolute atomic E-state index is 0.280. The van der Waals surface area contributed by atoms with Gasteiger partial charge < -0.3 is 10.1 Å². The Kier molecular flexibility index (Phi) is 5.27. The van der Waals surface area contributed by atoms with Gasteiger partial charge in [0, 0.05) is 10.0 Å². The van der Waals surface area contributed by atoms with Gasteiger partial charge in [-0.2, -0.15) is 0 Å². The van der Waals surface area contributed by atoms with Crippen LogP contribution in [0, 0.1) is 5.92 Å². The molecule has 1 aromatic carbocycles. The molecule has 2 rings (SSSR count). The van der Waals surface area contributed by atoms with E-state index in [0.717, 1.165) is 30.2 Å².